The normalized spacial score (nSPS) is 12.8. The summed E-state index contributed by atoms with van der Waals surface area (Å²) in [6.07, 6.45) is -0.128. The molecule has 0 heterocycles. The molecule has 0 aliphatic heterocycles. The molecule has 2 aromatic carbocycles. The third-order valence-electron chi connectivity index (χ3n) is 4.09. The zero-order valence-electron chi connectivity index (χ0n) is 15.9. The van der Waals surface area contributed by atoms with Crippen molar-refractivity contribution in [1.82, 2.24) is 0 Å². The minimum absolute atomic E-state index is 0.147. The molecule has 0 spiro atoms. The van der Waals surface area contributed by atoms with Crippen molar-refractivity contribution in [2.45, 2.75) is 46.3 Å². The lowest BCUT2D eigenvalue weighted by atomic mass is 10.1. The van der Waals surface area contributed by atoms with Gasteiger partial charge in [-0.1, -0.05) is 18.5 Å². The highest BCUT2D eigenvalue weighted by atomic mass is 35.5. The Balaban J connectivity index is 1.97. The molecule has 0 aliphatic carbocycles. The van der Waals surface area contributed by atoms with E-state index >= 15 is 0 Å². The van der Waals surface area contributed by atoms with Crippen LogP contribution in [0.5, 0.6) is 5.75 Å². The van der Waals surface area contributed by atoms with Gasteiger partial charge in [0.2, 0.25) is 0 Å². The third-order valence-corrected chi connectivity index (χ3v) is 4.33. The van der Waals surface area contributed by atoms with Gasteiger partial charge < -0.3 is 14.8 Å². The van der Waals surface area contributed by atoms with E-state index in [1.807, 2.05) is 20.8 Å². The van der Waals surface area contributed by atoms with Crippen LogP contribution in [0, 0.1) is 6.92 Å². The molecular weight excluding hydrogens is 366 g/mol. The molecule has 0 bridgehead atoms. The number of hydrogen-bond donors (Lipinski definition) is 1. The monoisotopic (exact) mass is 389 g/mol. The van der Waals surface area contributed by atoms with Crippen LogP contribution in [0.3, 0.4) is 0 Å². The number of anilines is 1. The highest BCUT2D eigenvalue weighted by Gasteiger charge is 2.18. The zero-order chi connectivity index (χ0) is 20.0. The number of esters is 1. The van der Waals surface area contributed by atoms with Gasteiger partial charge in [0.15, 0.2) is 6.10 Å². The molecule has 0 aromatic heterocycles. The zero-order valence-corrected chi connectivity index (χ0v) is 16.7. The second-order valence-electron chi connectivity index (χ2n) is 6.35. The maximum atomic E-state index is 12.4. The molecule has 2 aromatic rings. The van der Waals surface area contributed by atoms with Crippen LogP contribution < -0.4 is 10.1 Å². The van der Waals surface area contributed by atoms with Gasteiger partial charge in [-0.25, -0.2) is 4.79 Å². The lowest BCUT2D eigenvalue weighted by Crippen LogP contribution is -2.29. The van der Waals surface area contributed by atoms with Gasteiger partial charge in [-0.05, 0) is 75.2 Å². The minimum atomic E-state index is -0.726. The average Bonchev–Trinajstić information content (AvgIpc) is 2.64. The average molecular weight is 390 g/mol. The largest absolute Gasteiger partial charge is 0.479 e. The summed E-state index contributed by atoms with van der Waals surface area (Å²) in [7, 11) is 0. The van der Waals surface area contributed by atoms with Crippen LogP contribution in [0.4, 0.5) is 5.69 Å². The molecule has 2 rings (SSSR count). The Bertz CT molecular complexity index is 804. The molecule has 27 heavy (non-hydrogen) atoms. The lowest BCUT2D eigenvalue weighted by molar-refractivity contribution is -0.155. The SMILES string of the molecule is CC[C@H](C)OC(=O)[C@@H](C)Oc1ccc(C(=O)Nc2ccc(Cl)cc2C)cc1. The standard InChI is InChI=1S/C21H24ClNO4/c1-5-14(3)26-21(25)15(4)27-18-9-6-16(7-10-18)20(24)23-19-11-8-17(22)12-13(19)2/h6-12,14-15H,5H2,1-4H3,(H,23,24)/t14-,15+/m0/s1. The fourth-order valence-corrected chi connectivity index (χ4v) is 2.50. The van der Waals surface area contributed by atoms with Crippen molar-refractivity contribution >= 4 is 29.2 Å². The van der Waals surface area contributed by atoms with Crippen LogP contribution in [0.1, 0.15) is 43.1 Å². The highest BCUT2D eigenvalue weighted by molar-refractivity contribution is 6.30. The molecule has 0 aliphatic rings. The fourth-order valence-electron chi connectivity index (χ4n) is 2.28. The summed E-state index contributed by atoms with van der Waals surface area (Å²) in [5.41, 5.74) is 2.06. The molecule has 1 amide bonds. The topological polar surface area (TPSA) is 64.6 Å². The molecule has 0 fully saturated rings. The summed E-state index contributed by atoms with van der Waals surface area (Å²) >= 11 is 5.93. The maximum absolute atomic E-state index is 12.4. The van der Waals surface area contributed by atoms with Crippen molar-refractivity contribution < 1.29 is 19.1 Å². The number of rotatable bonds is 7. The van der Waals surface area contributed by atoms with Crippen molar-refractivity contribution in [3.05, 3.63) is 58.6 Å². The molecule has 0 saturated heterocycles. The number of halogens is 1. The number of amides is 1. The van der Waals surface area contributed by atoms with Crippen LogP contribution in [0.25, 0.3) is 0 Å². The number of aryl methyl sites for hydroxylation is 1. The van der Waals surface area contributed by atoms with Gasteiger partial charge in [-0.15, -0.1) is 0 Å². The minimum Gasteiger partial charge on any atom is -0.479 e. The molecule has 6 heteroatoms. The Kier molecular flexibility index (Phi) is 7.25. The Morgan fingerprint density at radius 2 is 1.78 bits per heavy atom. The summed E-state index contributed by atoms with van der Waals surface area (Å²) in [5.74, 6) is -0.164. The van der Waals surface area contributed by atoms with Crippen molar-refractivity contribution in [2.75, 3.05) is 5.32 Å². The number of nitrogens with one attached hydrogen (secondary N) is 1. The molecule has 0 unspecified atom stereocenters. The van der Waals surface area contributed by atoms with Crippen molar-refractivity contribution in [2.24, 2.45) is 0 Å². The summed E-state index contributed by atoms with van der Waals surface area (Å²) in [4.78, 5) is 24.3. The summed E-state index contributed by atoms with van der Waals surface area (Å²) in [6, 6.07) is 11.9. The summed E-state index contributed by atoms with van der Waals surface area (Å²) in [5, 5.41) is 3.47. The number of ether oxygens (including phenoxy) is 2. The Morgan fingerprint density at radius 3 is 2.37 bits per heavy atom. The van der Waals surface area contributed by atoms with E-state index in [-0.39, 0.29) is 12.0 Å². The first-order valence-corrected chi connectivity index (χ1v) is 9.22. The maximum Gasteiger partial charge on any atom is 0.347 e. The first-order valence-electron chi connectivity index (χ1n) is 8.85. The van der Waals surface area contributed by atoms with Crippen LogP contribution >= 0.6 is 11.6 Å². The molecule has 5 nitrogen and oxygen atoms in total. The highest BCUT2D eigenvalue weighted by Crippen LogP contribution is 2.21. The predicted octanol–water partition coefficient (Wildman–Crippen LogP) is 5.01. The van der Waals surface area contributed by atoms with E-state index in [0.717, 1.165) is 12.0 Å². The second kappa shape index (κ2) is 9.42. The number of carbonyl (C=O) groups excluding carboxylic acids is 2. The van der Waals surface area contributed by atoms with Crippen molar-refractivity contribution in [3.8, 4) is 5.75 Å². The van der Waals surface area contributed by atoms with Crippen LogP contribution in [-0.4, -0.2) is 24.1 Å². The van der Waals surface area contributed by atoms with E-state index in [1.54, 1.807) is 49.4 Å². The van der Waals surface area contributed by atoms with Gasteiger partial charge in [-0.2, -0.15) is 0 Å². The van der Waals surface area contributed by atoms with E-state index in [9.17, 15) is 9.59 Å². The smallest absolute Gasteiger partial charge is 0.347 e. The van der Waals surface area contributed by atoms with E-state index in [0.29, 0.717) is 22.0 Å². The Hall–Kier alpha value is -2.53. The molecule has 1 N–H and O–H groups in total. The van der Waals surface area contributed by atoms with E-state index < -0.39 is 12.1 Å². The summed E-state index contributed by atoms with van der Waals surface area (Å²) in [6.45, 7) is 7.28. The molecule has 2 atom stereocenters. The van der Waals surface area contributed by atoms with Crippen molar-refractivity contribution in [3.63, 3.8) is 0 Å². The lowest BCUT2D eigenvalue weighted by Gasteiger charge is -2.17. The summed E-state index contributed by atoms with van der Waals surface area (Å²) < 4.78 is 10.8. The Morgan fingerprint density at radius 1 is 1.11 bits per heavy atom. The first-order chi connectivity index (χ1) is 12.8. The molecule has 0 radical (unpaired) electrons. The van der Waals surface area contributed by atoms with Gasteiger partial charge >= 0.3 is 5.97 Å². The predicted molar refractivity (Wildman–Crippen MR) is 107 cm³/mol. The first kappa shape index (κ1) is 20.8. The van der Waals surface area contributed by atoms with Crippen LogP contribution in [0.15, 0.2) is 42.5 Å². The van der Waals surface area contributed by atoms with Gasteiger partial charge in [0, 0.05) is 16.3 Å². The number of benzene rings is 2. The van der Waals surface area contributed by atoms with E-state index in [1.165, 1.54) is 0 Å². The molecule has 0 saturated carbocycles. The van der Waals surface area contributed by atoms with E-state index in [4.69, 9.17) is 21.1 Å². The quantitative estimate of drug-likeness (QED) is 0.676. The number of carbonyl (C=O) groups is 2. The Labute approximate surface area is 164 Å². The van der Waals surface area contributed by atoms with Gasteiger partial charge in [0.05, 0.1) is 6.10 Å². The van der Waals surface area contributed by atoms with Gasteiger partial charge in [0.1, 0.15) is 5.75 Å². The van der Waals surface area contributed by atoms with Gasteiger partial charge in [0.25, 0.3) is 5.91 Å². The fraction of sp³-hybridized carbons (Fsp3) is 0.333. The van der Waals surface area contributed by atoms with Crippen LogP contribution in [0.2, 0.25) is 5.02 Å². The number of hydrogen-bond acceptors (Lipinski definition) is 4. The third kappa shape index (κ3) is 6.00. The van der Waals surface area contributed by atoms with Crippen molar-refractivity contribution in [1.29, 1.82) is 0 Å². The van der Waals surface area contributed by atoms with E-state index in [2.05, 4.69) is 5.32 Å². The second-order valence-corrected chi connectivity index (χ2v) is 6.79. The molecular formula is C21H24ClNO4. The van der Waals surface area contributed by atoms with Gasteiger partial charge in [-0.3, -0.25) is 4.79 Å². The van der Waals surface area contributed by atoms with Crippen LogP contribution in [-0.2, 0) is 9.53 Å². The molecule has 144 valence electrons.